The molecule has 0 amide bonds. The molecule has 0 spiro atoms. The highest BCUT2D eigenvalue weighted by Gasteiger charge is 1.98. The topological polar surface area (TPSA) is 26.3 Å². The van der Waals surface area contributed by atoms with Gasteiger partial charge in [-0.2, -0.15) is 0 Å². The van der Waals surface area contributed by atoms with Crippen molar-refractivity contribution in [1.29, 1.82) is 0 Å². The Hall–Kier alpha value is -0.970. The van der Waals surface area contributed by atoms with E-state index in [0.29, 0.717) is 0 Å². The molecule has 0 aliphatic carbocycles. The van der Waals surface area contributed by atoms with Gasteiger partial charge in [0.1, 0.15) is 0 Å². The van der Waals surface area contributed by atoms with Crippen LogP contribution in [0.1, 0.15) is 46.5 Å². The number of carbonyl (C=O) groups excluding carboxylic acids is 1. The third-order valence-electron chi connectivity index (χ3n) is 1.44. The molecule has 0 atom stereocenters. The van der Waals surface area contributed by atoms with E-state index in [-0.39, 0.29) is 6.10 Å². The smallest absolute Gasteiger partial charge is 0.384 e. The van der Waals surface area contributed by atoms with E-state index in [1.54, 1.807) is 0 Å². The molecular weight excluding hydrogens is 164 g/mol. The van der Waals surface area contributed by atoms with E-state index in [2.05, 4.69) is 18.8 Å². The Morgan fingerprint density at radius 3 is 2.62 bits per heavy atom. The van der Waals surface area contributed by atoms with Crippen molar-refractivity contribution in [2.24, 2.45) is 0 Å². The predicted octanol–water partition coefficient (Wildman–Crippen LogP) is 2.52. The van der Waals surface area contributed by atoms with Crippen LogP contribution in [0.25, 0.3) is 0 Å². The molecule has 0 N–H and O–H groups in total. The lowest BCUT2D eigenvalue weighted by atomic mass is 10.2. The maximum absolute atomic E-state index is 10.9. The maximum atomic E-state index is 10.9. The van der Waals surface area contributed by atoms with Crippen molar-refractivity contribution in [2.45, 2.75) is 52.6 Å². The normalized spacial score (nSPS) is 9.23. The molecule has 0 aromatic rings. The van der Waals surface area contributed by atoms with Gasteiger partial charge in [0, 0.05) is 12.3 Å². The van der Waals surface area contributed by atoms with E-state index < -0.39 is 5.97 Å². The minimum atomic E-state index is -0.411. The zero-order valence-corrected chi connectivity index (χ0v) is 8.72. The fourth-order valence-electron chi connectivity index (χ4n) is 0.842. The van der Waals surface area contributed by atoms with Gasteiger partial charge in [0.05, 0.1) is 6.10 Å². The molecule has 0 unspecified atom stereocenters. The first-order chi connectivity index (χ1) is 6.16. The molecule has 0 saturated heterocycles. The molecule has 0 aromatic carbocycles. The summed E-state index contributed by atoms with van der Waals surface area (Å²) in [5.74, 6) is 4.85. The number of hydrogen-bond acceptors (Lipinski definition) is 2. The summed E-state index contributed by atoms with van der Waals surface area (Å²) in [6.45, 7) is 5.77. The first kappa shape index (κ1) is 12.0. The predicted molar refractivity (Wildman–Crippen MR) is 53.1 cm³/mol. The quantitative estimate of drug-likeness (QED) is 0.289. The van der Waals surface area contributed by atoms with Gasteiger partial charge in [-0.25, -0.2) is 4.79 Å². The highest BCUT2D eigenvalue weighted by molar-refractivity contribution is 5.88. The second-order valence-electron chi connectivity index (χ2n) is 3.21. The van der Waals surface area contributed by atoms with Crippen LogP contribution in [0, 0.1) is 11.8 Å². The molecule has 0 aliphatic rings. The molecule has 74 valence electrons. The van der Waals surface area contributed by atoms with Crippen molar-refractivity contribution in [3.05, 3.63) is 0 Å². The van der Waals surface area contributed by atoms with Gasteiger partial charge in [-0.05, 0) is 20.3 Å². The largest absolute Gasteiger partial charge is 0.453 e. The van der Waals surface area contributed by atoms with Crippen LogP contribution in [0.2, 0.25) is 0 Å². The molecule has 0 saturated carbocycles. The van der Waals surface area contributed by atoms with Gasteiger partial charge in [0.15, 0.2) is 0 Å². The van der Waals surface area contributed by atoms with E-state index in [9.17, 15) is 4.79 Å². The van der Waals surface area contributed by atoms with Crippen LogP contribution >= 0.6 is 0 Å². The fourth-order valence-corrected chi connectivity index (χ4v) is 0.842. The lowest BCUT2D eigenvalue weighted by Crippen LogP contribution is -2.08. The third-order valence-corrected chi connectivity index (χ3v) is 1.44. The van der Waals surface area contributed by atoms with Crippen molar-refractivity contribution < 1.29 is 9.53 Å². The van der Waals surface area contributed by atoms with Gasteiger partial charge in [-0.15, -0.1) is 0 Å². The SMILES string of the molecule is CCCCCC#CC(=O)OC(C)C. The number of rotatable bonds is 4. The van der Waals surface area contributed by atoms with Gasteiger partial charge < -0.3 is 4.74 Å². The lowest BCUT2D eigenvalue weighted by molar-refractivity contribution is -0.140. The second-order valence-corrected chi connectivity index (χ2v) is 3.21. The molecule has 0 bridgehead atoms. The number of esters is 1. The molecule has 0 heterocycles. The molecule has 2 heteroatoms. The van der Waals surface area contributed by atoms with E-state index in [1.807, 2.05) is 13.8 Å². The molecular formula is C11H18O2. The minimum Gasteiger partial charge on any atom is -0.453 e. The van der Waals surface area contributed by atoms with Gasteiger partial charge in [0.25, 0.3) is 0 Å². The summed E-state index contributed by atoms with van der Waals surface area (Å²) in [7, 11) is 0. The average Bonchev–Trinajstić information content (AvgIpc) is 2.02. The Bertz CT molecular complexity index is 196. The third kappa shape index (κ3) is 8.94. The first-order valence-electron chi connectivity index (χ1n) is 4.86. The van der Waals surface area contributed by atoms with E-state index >= 15 is 0 Å². The highest BCUT2D eigenvalue weighted by atomic mass is 16.5. The Labute approximate surface area is 80.7 Å². The van der Waals surface area contributed by atoms with Gasteiger partial charge in [0.2, 0.25) is 0 Å². The maximum Gasteiger partial charge on any atom is 0.384 e. The summed E-state index contributed by atoms with van der Waals surface area (Å²) in [5, 5.41) is 0. The number of ether oxygens (including phenoxy) is 1. The summed E-state index contributed by atoms with van der Waals surface area (Å²) in [6.07, 6.45) is 4.14. The molecule has 2 nitrogen and oxygen atoms in total. The Kier molecular flexibility index (Phi) is 7.10. The van der Waals surface area contributed by atoms with Gasteiger partial charge in [-0.3, -0.25) is 0 Å². The van der Waals surface area contributed by atoms with E-state index in [4.69, 9.17) is 4.74 Å². The average molecular weight is 182 g/mol. The Balaban J connectivity index is 3.52. The Morgan fingerprint density at radius 2 is 2.08 bits per heavy atom. The van der Waals surface area contributed by atoms with Crippen LogP contribution in [0.5, 0.6) is 0 Å². The number of carbonyl (C=O) groups is 1. The van der Waals surface area contributed by atoms with Crippen LogP contribution in [-0.2, 0) is 9.53 Å². The lowest BCUT2D eigenvalue weighted by Gasteiger charge is -2.01. The van der Waals surface area contributed by atoms with Crippen LogP contribution in [-0.4, -0.2) is 12.1 Å². The summed E-state index contributed by atoms with van der Waals surface area (Å²) in [6, 6.07) is 0. The summed E-state index contributed by atoms with van der Waals surface area (Å²) < 4.78 is 4.84. The van der Waals surface area contributed by atoms with Crippen LogP contribution < -0.4 is 0 Å². The molecule has 0 aromatic heterocycles. The molecule has 0 rings (SSSR count). The Morgan fingerprint density at radius 1 is 1.38 bits per heavy atom. The first-order valence-corrected chi connectivity index (χ1v) is 4.86. The summed E-state index contributed by atoms with van der Waals surface area (Å²) in [4.78, 5) is 10.9. The number of unbranched alkanes of at least 4 members (excludes halogenated alkanes) is 3. The summed E-state index contributed by atoms with van der Waals surface area (Å²) in [5.41, 5.74) is 0. The molecule has 0 aliphatic heterocycles. The zero-order valence-electron chi connectivity index (χ0n) is 8.72. The van der Waals surface area contributed by atoms with E-state index in [0.717, 1.165) is 12.8 Å². The second kappa shape index (κ2) is 7.67. The van der Waals surface area contributed by atoms with Crippen molar-refractivity contribution in [1.82, 2.24) is 0 Å². The standard InChI is InChI=1S/C11H18O2/c1-4-5-6-7-8-9-11(12)13-10(2)3/h10H,4-7H2,1-3H3. The van der Waals surface area contributed by atoms with Gasteiger partial charge in [-0.1, -0.05) is 25.7 Å². The van der Waals surface area contributed by atoms with Crippen molar-refractivity contribution >= 4 is 5.97 Å². The van der Waals surface area contributed by atoms with Crippen LogP contribution in [0.4, 0.5) is 0 Å². The molecule has 0 radical (unpaired) electrons. The summed E-state index contributed by atoms with van der Waals surface area (Å²) >= 11 is 0. The van der Waals surface area contributed by atoms with Gasteiger partial charge >= 0.3 is 5.97 Å². The minimum absolute atomic E-state index is 0.0718. The zero-order chi connectivity index (χ0) is 10.1. The molecule has 0 fully saturated rings. The van der Waals surface area contributed by atoms with Crippen LogP contribution in [0.15, 0.2) is 0 Å². The van der Waals surface area contributed by atoms with Crippen molar-refractivity contribution in [3.63, 3.8) is 0 Å². The number of hydrogen-bond donors (Lipinski definition) is 0. The molecule has 13 heavy (non-hydrogen) atoms. The monoisotopic (exact) mass is 182 g/mol. The van der Waals surface area contributed by atoms with Crippen molar-refractivity contribution in [2.75, 3.05) is 0 Å². The van der Waals surface area contributed by atoms with Crippen molar-refractivity contribution in [3.8, 4) is 11.8 Å². The van der Waals surface area contributed by atoms with E-state index in [1.165, 1.54) is 12.8 Å². The van der Waals surface area contributed by atoms with Crippen LogP contribution in [0.3, 0.4) is 0 Å². The highest BCUT2D eigenvalue weighted by Crippen LogP contribution is 1.96. The fraction of sp³-hybridized carbons (Fsp3) is 0.727.